The molecule has 2 amide bonds. The van der Waals surface area contributed by atoms with Crippen LogP contribution in [0.25, 0.3) is 0 Å². The standard InChI is InChI=1S/C42H44N6O8Si/c1-27-40(57(3,4)33-15-13-32(54-2)14-16-33)38(18-20-45-25-29(19-21-49)43-44-45)56-42(27)34-23-31(48(52)53)12-17-35(34)46(41(42)51)24-28-8-7-9-30(22-28)47-36-10-5-6-11-37(36)55-26-39(47)50/h5-17,22-23,25,27,38,40,49H,18-21,24,26H2,1-4H3/t27-,38+,40-,42+/m1/s1. The van der Waals surface area contributed by atoms with E-state index in [4.69, 9.17) is 14.2 Å². The van der Waals surface area contributed by atoms with Crippen molar-refractivity contribution in [2.45, 2.75) is 63.2 Å². The SMILES string of the molecule is COc1ccc([Si](C)(C)[C@H]2[C@H](CCn3cc(CCO)nn3)O[C@@]3(C(=O)N(Cc4cccc(N5C(=O)COc6ccccc65)c4)c4ccc([N+](=O)[O-])cc43)[C@@H]2C)cc1. The van der Waals surface area contributed by atoms with Gasteiger partial charge in [0.15, 0.2) is 12.2 Å². The summed E-state index contributed by atoms with van der Waals surface area (Å²) >= 11 is 0. The number of benzene rings is 4. The van der Waals surface area contributed by atoms with Crippen LogP contribution < -0.4 is 24.5 Å². The maximum absolute atomic E-state index is 15.4. The summed E-state index contributed by atoms with van der Waals surface area (Å²) in [5.74, 6) is 0.442. The first kappa shape index (κ1) is 38.0. The fourth-order valence-electron chi connectivity index (χ4n) is 9.14. The van der Waals surface area contributed by atoms with E-state index in [1.165, 1.54) is 12.1 Å². The number of carbonyl (C=O) groups excluding carboxylic acids is 2. The first-order chi connectivity index (χ1) is 27.5. The van der Waals surface area contributed by atoms with Crippen LogP contribution >= 0.6 is 0 Å². The number of amides is 2. The lowest BCUT2D eigenvalue weighted by molar-refractivity contribution is -0.385. The van der Waals surface area contributed by atoms with Gasteiger partial charge in [0.05, 0.1) is 49.8 Å². The molecule has 1 spiro atoms. The minimum absolute atomic E-state index is 0.0397. The normalized spacial score (nSPS) is 21.5. The first-order valence-corrected chi connectivity index (χ1v) is 22.1. The third-order valence-corrected chi connectivity index (χ3v) is 16.2. The van der Waals surface area contributed by atoms with E-state index in [0.29, 0.717) is 53.5 Å². The molecule has 1 N–H and O–H groups in total. The summed E-state index contributed by atoms with van der Waals surface area (Å²) < 4.78 is 20.1. The Morgan fingerprint density at radius 3 is 2.56 bits per heavy atom. The van der Waals surface area contributed by atoms with Gasteiger partial charge in [-0.15, -0.1) is 5.10 Å². The highest BCUT2D eigenvalue weighted by Gasteiger charge is 2.66. The van der Waals surface area contributed by atoms with Gasteiger partial charge < -0.3 is 24.2 Å². The minimum atomic E-state index is -2.50. The maximum Gasteiger partial charge on any atom is 0.269 e. The van der Waals surface area contributed by atoms with Gasteiger partial charge in [-0.25, -0.2) is 0 Å². The highest BCUT2D eigenvalue weighted by Crippen LogP contribution is 2.60. The molecule has 1 aromatic heterocycles. The summed E-state index contributed by atoms with van der Waals surface area (Å²) in [7, 11) is -0.872. The van der Waals surface area contributed by atoms with Crippen molar-refractivity contribution >= 4 is 47.8 Å². The van der Waals surface area contributed by atoms with E-state index in [9.17, 15) is 20.0 Å². The van der Waals surface area contributed by atoms with Crippen LogP contribution in [0.3, 0.4) is 0 Å². The second-order valence-corrected chi connectivity index (χ2v) is 20.1. The van der Waals surface area contributed by atoms with Gasteiger partial charge in [-0.05, 0) is 60.0 Å². The molecule has 4 heterocycles. The van der Waals surface area contributed by atoms with E-state index in [-0.39, 0.29) is 48.7 Å². The molecule has 0 bridgehead atoms. The molecular formula is C42H44N6O8Si. The number of methoxy groups -OCH3 is 1. The third-order valence-electron chi connectivity index (χ3n) is 11.8. The Balaban J connectivity index is 1.19. The number of aliphatic hydroxyl groups is 1. The molecule has 0 radical (unpaired) electrons. The molecule has 1 fully saturated rings. The van der Waals surface area contributed by atoms with E-state index in [1.807, 2.05) is 73.8 Å². The predicted octanol–water partition coefficient (Wildman–Crippen LogP) is 5.64. The number of non-ortho nitro benzene ring substituents is 1. The Hall–Kier alpha value is -5.90. The fourth-order valence-corrected chi connectivity index (χ4v) is 13.2. The lowest BCUT2D eigenvalue weighted by Gasteiger charge is -2.37. The van der Waals surface area contributed by atoms with E-state index in [2.05, 4.69) is 35.5 Å². The monoisotopic (exact) mass is 788 g/mol. The number of aryl methyl sites for hydroxylation is 1. The number of fused-ring (bicyclic) bond motifs is 3. The van der Waals surface area contributed by atoms with E-state index in [1.54, 1.807) is 27.7 Å². The van der Waals surface area contributed by atoms with E-state index >= 15 is 4.79 Å². The number of hydrogen-bond donors (Lipinski definition) is 1. The van der Waals surface area contributed by atoms with Gasteiger partial charge in [-0.2, -0.15) is 0 Å². The summed E-state index contributed by atoms with van der Waals surface area (Å²) in [6.07, 6.45) is 2.27. The zero-order valence-electron chi connectivity index (χ0n) is 32.2. The van der Waals surface area contributed by atoms with Crippen molar-refractivity contribution < 1.29 is 33.8 Å². The van der Waals surface area contributed by atoms with Crippen molar-refractivity contribution in [1.29, 1.82) is 0 Å². The van der Waals surface area contributed by atoms with Gasteiger partial charge in [-0.3, -0.25) is 29.3 Å². The number of ether oxygens (including phenoxy) is 3. The van der Waals surface area contributed by atoms with Gasteiger partial charge in [0.1, 0.15) is 11.5 Å². The molecule has 1 saturated heterocycles. The summed E-state index contributed by atoms with van der Waals surface area (Å²) in [5, 5.41) is 31.3. The second kappa shape index (κ2) is 14.9. The molecule has 5 aromatic rings. The number of nitro groups is 1. The molecule has 15 heteroatoms. The van der Waals surface area contributed by atoms with Crippen molar-refractivity contribution in [3.05, 3.63) is 124 Å². The Morgan fingerprint density at radius 1 is 1.02 bits per heavy atom. The quantitative estimate of drug-likeness (QED) is 0.0952. The average Bonchev–Trinajstić information content (AvgIpc) is 3.86. The maximum atomic E-state index is 15.4. The summed E-state index contributed by atoms with van der Waals surface area (Å²) in [6.45, 7) is 7.05. The number of carbonyl (C=O) groups is 2. The fraction of sp³-hybridized carbons (Fsp3) is 0.333. The highest BCUT2D eigenvalue weighted by atomic mass is 28.3. The Kier molecular flexibility index (Phi) is 9.92. The topological polar surface area (TPSA) is 162 Å². The van der Waals surface area contributed by atoms with Crippen LogP contribution in [-0.4, -0.2) is 71.3 Å². The molecule has 57 heavy (non-hydrogen) atoms. The molecule has 0 aliphatic carbocycles. The number of aromatic nitrogens is 3. The van der Waals surface area contributed by atoms with Crippen LogP contribution in [0.4, 0.5) is 22.7 Å². The molecule has 8 rings (SSSR count). The molecule has 3 aliphatic heterocycles. The molecule has 294 valence electrons. The first-order valence-electron chi connectivity index (χ1n) is 19.0. The van der Waals surface area contributed by atoms with Crippen molar-refractivity contribution in [1.82, 2.24) is 15.0 Å². The number of nitrogens with zero attached hydrogens (tertiary/aromatic N) is 6. The molecule has 14 nitrogen and oxygen atoms in total. The van der Waals surface area contributed by atoms with Crippen LogP contribution in [-0.2, 0) is 39.4 Å². The number of hydrogen-bond acceptors (Lipinski definition) is 10. The Labute approximate surface area is 330 Å². The van der Waals surface area contributed by atoms with Crippen molar-refractivity contribution in [2.75, 3.05) is 30.1 Å². The third kappa shape index (κ3) is 6.54. The number of anilines is 3. The van der Waals surface area contributed by atoms with Crippen molar-refractivity contribution in [2.24, 2.45) is 5.92 Å². The van der Waals surface area contributed by atoms with Crippen molar-refractivity contribution in [3.63, 3.8) is 0 Å². The van der Waals surface area contributed by atoms with E-state index in [0.717, 1.165) is 16.5 Å². The minimum Gasteiger partial charge on any atom is -0.497 e. The molecule has 0 saturated carbocycles. The number of rotatable bonds is 12. The highest BCUT2D eigenvalue weighted by molar-refractivity contribution is 6.91. The van der Waals surface area contributed by atoms with Crippen LogP contribution in [0.15, 0.2) is 97.2 Å². The average molecular weight is 789 g/mol. The molecular weight excluding hydrogens is 745 g/mol. The van der Waals surface area contributed by atoms with Gasteiger partial charge >= 0.3 is 0 Å². The Bertz CT molecular complexity index is 2350. The lowest BCUT2D eigenvalue weighted by Crippen LogP contribution is -2.51. The van der Waals surface area contributed by atoms with Crippen molar-refractivity contribution in [3.8, 4) is 11.5 Å². The molecule has 0 unspecified atom stereocenters. The molecule has 3 aliphatic rings. The van der Waals surface area contributed by atoms with Gasteiger partial charge in [0.25, 0.3) is 17.5 Å². The number of nitro benzene ring substituents is 1. The van der Waals surface area contributed by atoms with Gasteiger partial charge in [-0.1, -0.05) is 66.8 Å². The Morgan fingerprint density at radius 2 is 1.81 bits per heavy atom. The van der Waals surface area contributed by atoms with E-state index < -0.39 is 24.7 Å². The van der Waals surface area contributed by atoms with Crippen LogP contribution in [0.1, 0.15) is 30.2 Å². The van der Waals surface area contributed by atoms with Gasteiger partial charge in [0, 0.05) is 55.1 Å². The number of aliphatic hydroxyl groups excluding tert-OH is 1. The molecule has 4 aromatic carbocycles. The zero-order valence-corrected chi connectivity index (χ0v) is 33.2. The van der Waals surface area contributed by atoms with Crippen LogP contribution in [0.2, 0.25) is 18.6 Å². The predicted molar refractivity (Wildman–Crippen MR) is 215 cm³/mol. The number of para-hydroxylation sites is 2. The smallest absolute Gasteiger partial charge is 0.269 e. The van der Waals surface area contributed by atoms with Crippen LogP contribution in [0.5, 0.6) is 11.5 Å². The lowest BCUT2D eigenvalue weighted by atomic mass is 9.82. The van der Waals surface area contributed by atoms with Gasteiger partial charge in [0.2, 0.25) is 0 Å². The zero-order chi connectivity index (χ0) is 40.1. The second-order valence-electron chi connectivity index (χ2n) is 15.4. The largest absolute Gasteiger partial charge is 0.497 e. The summed E-state index contributed by atoms with van der Waals surface area (Å²) in [5.41, 5.74) is 1.95. The molecule has 4 atom stereocenters. The van der Waals surface area contributed by atoms with Crippen LogP contribution in [0, 0.1) is 16.0 Å². The summed E-state index contributed by atoms with van der Waals surface area (Å²) in [4.78, 5) is 43.7. The summed E-state index contributed by atoms with van der Waals surface area (Å²) in [6, 6.07) is 27.5.